The predicted molar refractivity (Wildman–Crippen MR) is 85.6 cm³/mol. The molecule has 6 nitrogen and oxygen atoms in total. The van der Waals surface area contributed by atoms with Crippen LogP contribution in [0, 0.1) is 0 Å². The topological polar surface area (TPSA) is 78.9 Å². The van der Waals surface area contributed by atoms with Crippen molar-refractivity contribution < 1.29 is 19.4 Å². The standard InChI is InChI=1S/C15H20N2O4.ClH/c1-21-15(20)12-6-5-11(9-13(12)18)16-14(19)10-17-7-3-2-4-8-17;/h5-6,9,18H,2-4,7-8,10H2,1H3,(H,16,19);1H. The summed E-state index contributed by atoms with van der Waals surface area (Å²) >= 11 is 0. The van der Waals surface area contributed by atoms with E-state index >= 15 is 0 Å². The molecule has 1 aromatic rings. The highest BCUT2D eigenvalue weighted by Gasteiger charge is 2.15. The minimum Gasteiger partial charge on any atom is -0.507 e. The van der Waals surface area contributed by atoms with Crippen LogP contribution in [-0.2, 0) is 9.53 Å². The van der Waals surface area contributed by atoms with Gasteiger partial charge in [0.05, 0.1) is 13.7 Å². The average molecular weight is 329 g/mol. The van der Waals surface area contributed by atoms with Gasteiger partial charge in [-0.05, 0) is 38.1 Å². The first-order valence-corrected chi connectivity index (χ1v) is 7.03. The Hall–Kier alpha value is -1.79. The lowest BCUT2D eigenvalue weighted by Crippen LogP contribution is -2.36. The molecule has 0 saturated carbocycles. The summed E-state index contributed by atoms with van der Waals surface area (Å²) in [7, 11) is 1.25. The third-order valence-corrected chi connectivity index (χ3v) is 3.50. The number of hydrogen-bond acceptors (Lipinski definition) is 5. The second kappa shape index (κ2) is 8.60. The number of carbonyl (C=O) groups excluding carboxylic acids is 2. The number of ether oxygens (including phenoxy) is 1. The van der Waals surface area contributed by atoms with E-state index in [2.05, 4.69) is 15.0 Å². The molecular weight excluding hydrogens is 308 g/mol. The number of nitrogens with zero attached hydrogens (tertiary/aromatic N) is 1. The van der Waals surface area contributed by atoms with Crippen molar-refractivity contribution in [3.05, 3.63) is 23.8 Å². The maximum Gasteiger partial charge on any atom is 0.341 e. The number of phenolic OH excluding ortho intramolecular Hbond substituents is 1. The minimum absolute atomic E-state index is 0. The summed E-state index contributed by atoms with van der Waals surface area (Å²) < 4.78 is 4.55. The lowest BCUT2D eigenvalue weighted by Gasteiger charge is -2.25. The summed E-state index contributed by atoms with van der Waals surface area (Å²) in [6.07, 6.45) is 3.48. The predicted octanol–water partition coefficient (Wildman–Crippen LogP) is 2.03. The zero-order valence-corrected chi connectivity index (χ0v) is 13.3. The normalized spacial score (nSPS) is 14.8. The van der Waals surface area contributed by atoms with Crippen LogP contribution in [0.1, 0.15) is 29.6 Å². The van der Waals surface area contributed by atoms with Gasteiger partial charge in [-0.3, -0.25) is 9.69 Å². The molecule has 0 bridgehead atoms. The molecule has 1 amide bonds. The summed E-state index contributed by atoms with van der Waals surface area (Å²) in [6, 6.07) is 4.35. The smallest absolute Gasteiger partial charge is 0.341 e. The average Bonchev–Trinajstić information content (AvgIpc) is 2.47. The molecule has 1 aromatic carbocycles. The molecule has 1 heterocycles. The van der Waals surface area contributed by atoms with E-state index in [1.54, 1.807) is 6.07 Å². The number of halogens is 1. The van der Waals surface area contributed by atoms with Gasteiger partial charge >= 0.3 is 5.97 Å². The molecule has 1 fully saturated rings. The summed E-state index contributed by atoms with van der Waals surface area (Å²) in [5.41, 5.74) is 0.536. The number of amides is 1. The quantitative estimate of drug-likeness (QED) is 0.827. The first kappa shape index (κ1) is 18.3. The van der Waals surface area contributed by atoms with Crippen molar-refractivity contribution in [2.45, 2.75) is 19.3 Å². The number of methoxy groups -OCH3 is 1. The van der Waals surface area contributed by atoms with Crippen LogP contribution < -0.4 is 5.32 Å². The fourth-order valence-electron chi connectivity index (χ4n) is 2.41. The number of anilines is 1. The Labute approximate surface area is 135 Å². The maximum absolute atomic E-state index is 11.9. The highest BCUT2D eigenvalue weighted by atomic mass is 35.5. The molecule has 1 aliphatic heterocycles. The molecule has 122 valence electrons. The molecule has 0 unspecified atom stereocenters. The number of benzene rings is 1. The van der Waals surface area contributed by atoms with Crippen molar-refractivity contribution in [3.63, 3.8) is 0 Å². The Bertz CT molecular complexity index is 530. The van der Waals surface area contributed by atoms with Crippen LogP contribution in [0.15, 0.2) is 18.2 Å². The van der Waals surface area contributed by atoms with Crippen LogP contribution in [0.3, 0.4) is 0 Å². The molecule has 0 spiro atoms. The van der Waals surface area contributed by atoms with Crippen LogP contribution >= 0.6 is 12.4 Å². The van der Waals surface area contributed by atoms with Gasteiger partial charge in [-0.15, -0.1) is 12.4 Å². The van der Waals surface area contributed by atoms with E-state index in [1.165, 1.54) is 25.7 Å². The van der Waals surface area contributed by atoms with Gasteiger partial charge in [0.2, 0.25) is 5.91 Å². The minimum atomic E-state index is -0.612. The first-order valence-electron chi connectivity index (χ1n) is 7.03. The van der Waals surface area contributed by atoms with Crippen LogP contribution in [0.4, 0.5) is 5.69 Å². The second-order valence-electron chi connectivity index (χ2n) is 5.11. The van der Waals surface area contributed by atoms with E-state index in [0.717, 1.165) is 25.9 Å². The zero-order chi connectivity index (χ0) is 15.2. The van der Waals surface area contributed by atoms with E-state index < -0.39 is 5.97 Å². The number of esters is 1. The SMILES string of the molecule is COC(=O)c1ccc(NC(=O)CN2CCCCC2)cc1O.Cl. The van der Waals surface area contributed by atoms with Gasteiger partial charge in [0, 0.05) is 11.8 Å². The van der Waals surface area contributed by atoms with Gasteiger partial charge in [0.15, 0.2) is 0 Å². The van der Waals surface area contributed by atoms with Crippen molar-refractivity contribution in [1.82, 2.24) is 4.90 Å². The molecule has 22 heavy (non-hydrogen) atoms. The van der Waals surface area contributed by atoms with Crippen molar-refractivity contribution in [1.29, 1.82) is 0 Å². The van der Waals surface area contributed by atoms with Gasteiger partial charge < -0.3 is 15.2 Å². The Morgan fingerprint density at radius 1 is 1.27 bits per heavy atom. The van der Waals surface area contributed by atoms with Gasteiger partial charge in [0.25, 0.3) is 0 Å². The lowest BCUT2D eigenvalue weighted by atomic mass is 10.1. The number of piperidine rings is 1. The number of rotatable bonds is 4. The highest BCUT2D eigenvalue weighted by molar-refractivity contribution is 5.95. The molecule has 2 N–H and O–H groups in total. The van der Waals surface area contributed by atoms with E-state index in [1.807, 2.05) is 0 Å². The molecule has 0 radical (unpaired) electrons. The number of hydrogen-bond donors (Lipinski definition) is 2. The first-order chi connectivity index (χ1) is 10.1. The van der Waals surface area contributed by atoms with Crippen molar-refractivity contribution in [2.75, 3.05) is 32.1 Å². The van der Waals surface area contributed by atoms with E-state index in [0.29, 0.717) is 12.2 Å². The second-order valence-corrected chi connectivity index (χ2v) is 5.11. The molecular formula is C15H21ClN2O4. The molecule has 7 heteroatoms. The van der Waals surface area contributed by atoms with Crippen LogP contribution in [-0.4, -0.2) is 48.6 Å². The number of phenols is 1. The summed E-state index contributed by atoms with van der Waals surface area (Å²) in [4.78, 5) is 25.4. The maximum atomic E-state index is 11.9. The number of likely N-dealkylation sites (tertiary alicyclic amines) is 1. The Kier molecular flexibility index (Phi) is 7.14. The van der Waals surface area contributed by atoms with Crippen LogP contribution in [0.5, 0.6) is 5.75 Å². The Morgan fingerprint density at radius 2 is 1.95 bits per heavy atom. The zero-order valence-electron chi connectivity index (χ0n) is 12.5. The molecule has 0 atom stereocenters. The summed E-state index contributed by atoms with van der Waals surface area (Å²) in [6.45, 7) is 2.24. The van der Waals surface area contributed by atoms with Crippen molar-refractivity contribution in [2.24, 2.45) is 0 Å². The van der Waals surface area contributed by atoms with Crippen LogP contribution in [0.25, 0.3) is 0 Å². The van der Waals surface area contributed by atoms with E-state index in [4.69, 9.17) is 0 Å². The third-order valence-electron chi connectivity index (χ3n) is 3.50. The molecule has 0 aromatic heterocycles. The third kappa shape index (κ3) is 4.89. The number of aromatic hydroxyl groups is 1. The van der Waals surface area contributed by atoms with Crippen molar-refractivity contribution >= 4 is 30.0 Å². The highest BCUT2D eigenvalue weighted by Crippen LogP contribution is 2.22. The van der Waals surface area contributed by atoms with Gasteiger partial charge in [0.1, 0.15) is 11.3 Å². The van der Waals surface area contributed by atoms with Gasteiger partial charge in [-0.2, -0.15) is 0 Å². The fraction of sp³-hybridized carbons (Fsp3) is 0.467. The monoisotopic (exact) mass is 328 g/mol. The number of nitrogens with one attached hydrogen (secondary N) is 1. The molecule has 0 aliphatic carbocycles. The fourth-order valence-corrected chi connectivity index (χ4v) is 2.41. The van der Waals surface area contributed by atoms with E-state index in [-0.39, 0.29) is 29.6 Å². The largest absolute Gasteiger partial charge is 0.507 e. The van der Waals surface area contributed by atoms with E-state index in [9.17, 15) is 14.7 Å². The van der Waals surface area contributed by atoms with Crippen LogP contribution in [0.2, 0.25) is 0 Å². The van der Waals surface area contributed by atoms with Gasteiger partial charge in [-0.1, -0.05) is 6.42 Å². The lowest BCUT2D eigenvalue weighted by molar-refractivity contribution is -0.117. The van der Waals surface area contributed by atoms with Gasteiger partial charge in [-0.25, -0.2) is 4.79 Å². The number of carbonyl (C=O) groups is 2. The summed E-state index contributed by atoms with van der Waals surface area (Å²) in [5.74, 6) is -0.946. The molecule has 1 aliphatic rings. The Morgan fingerprint density at radius 3 is 2.55 bits per heavy atom. The summed E-state index contributed by atoms with van der Waals surface area (Å²) in [5, 5.41) is 12.5. The van der Waals surface area contributed by atoms with Crippen molar-refractivity contribution in [3.8, 4) is 5.75 Å². The Balaban J connectivity index is 0.00000242. The molecule has 2 rings (SSSR count). The molecule has 1 saturated heterocycles.